The molecule has 104 valence electrons. The van der Waals surface area contributed by atoms with E-state index < -0.39 is 0 Å². The molecule has 0 unspecified atom stereocenters. The lowest BCUT2D eigenvalue weighted by atomic mass is 10.1. The average Bonchev–Trinajstić information content (AvgIpc) is 2.46. The Hall–Kier alpha value is -2.56. The number of nitrogen functional groups attached to an aromatic ring is 1. The standard InChI is InChI=1S/C15H15FN2O2/c1-18(11-8-6-10(16)7-9-11)15(19)14-12(17)4-3-5-13(14)20-2/h3-9H,17H2,1-2H3. The van der Waals surface area contributed by atoms with Crippen LogP contribution in [0.25, 0.3) is 0 Å². The minimum absolute atomic E-state index is 0.293. The molecule has 2 aromatic carbocycles. The molecule has 0 aliphatic rings. The van der Waals surface area contributed by atoms with Gasteiger partial charge in [0.05, 0.1) is 7.11 Å². The molecule has 0 aliphatic carbocycles. The van der Waals surface area contributed by atoms with Crippen molar-refractivity contribution in [2.75, 3.05) is 24.8 Å². The first-order valence-electron chi connectivity index (χ1n) is 6.00. The van der Waals surface area contributed by atoms with Crippen molar-refractivity contribution in [2.45, 2.75) is 0 Å². The Balaban J connectivity index is 2.38. The second kappa shape index (κ2) is 5.61. The van der Waals surface area contributed by atoms with E-state index in [9.17, 15) is 9.18 Å². The lowest BCUT2D eigenvalue weighted by Gasteiger charge is -2.19. The number of nitrogens with two attached hydrogens (primary N) is 1. The monoisotopic (exact) mass is 274 g/mol. The quantitative estimate of drug-likeness (QED) is 0.875. The van der Waals surface area contributed by atoms with Crippen LogP contribution in [0.4, 0.5) is 15.8 Å². The highest BCUT2D eigenvalue weighted by Gasteiger charge is 2.20. The molecule has 0 heterocycles. The number of carbonyl (C=O) groups is 1. The number of benzene rings is 2. The summed E-state index contributed by atoms with van der Waals surface area (Å²) in [5.74, 6) is -0.262. The highest BCUT2D eigenvalue weighted by Crippen LogP contribution is 2.27. The summed E-state index contributed by atoms with van der Waals surface area (Å²) in [6.45, 7) is 0. The lowest BCUT2D eigenvalue weighted by molar-refractivity contribution is 0.0991. The van der Waals surface area contributed by atoms with Gasteiger partial charge in [0, 0.05) is 18.4 Å². The molecule has 20 heavy (non-hydrogen) atoms. The predicted octanol–water partition coefficient (Wildman–Crippen LogP) is 2.69. The number of amides is 1. The van der Waals surface area contributed by atoms with Crippen LogP contribution in [0.1, 0.15) is 10.4 Å². The Labute approximate surface area is 116 Å². The molecular formula is C15H15FN2O2. The zero-order valence-corrected chi connectivity index (χ0v) is 11.3. The number of anilines is 2. The Morgan fingerprint density at radius 2 is 1.85 bits per heavy atom. The minimum Gasteiger partial charge on any atom is -0.496 e. The molecule has 0 fully saturated rings. The maximum atomic E-state index is 12.9. The van der Waals surface area contributed by atoms with Gasteiger partial charge in [-0.1, -0.05) is 6.07 Å². The smallest absolute Gasteiger partial charge is 0.263 e. The molecule has 0 saturated heterocycles. The minimum atomic E-state index is -0.355. The highest BCUT2D eigenvalue weighted by atomic mass is 19.1. The third kappa shape index (κ3) is 2.56. The molecule has 2 aromatic rings. The summed E-state index contributed by atoms with van der Waals surface area (Å²) >= 11 is 0. The fourth-order valence-corrected chi connectivity index (χ4v) is 1.90. The average molecular weight is 274 g/mol. The molecule has 0 aliphatic heterocycles. The first-order valence-corrected chi connectivity index (χ1v) is 6.00. The molecular weight excluding hydrogens is 259 g/mol. The van der Waals surface area contributed by atoms with Crippen LogP contribution >= 0.6 is 0 Å². The van der Waals surface area contributed by atoms with Gasteiger partial charge in [-0.05, 0) is 36.4 Å². The van der Waals surface area contributed by atoms with Gasteiger partial charge in [0.1, 0.15) is 17.1 Å². The van der Waals surface area contributed by atoms with E-state index in [4.69, 9.17) is 10.5 Å². The van der Waals surface area contributed by atoms with Gasteiger partial charge in [0.15, 0.2) is 0 Å². The summed E-state index contributed by atoms with van der Waals surface area (Å²) < 4.78 is 18.1. The van der Waals surface area contributed by atoms with Crippen molar-refractivity contribution >= 4 is 17.3 Å². The van der Waals surface area contributed by atoms with Crippen molar-refractivity contribution in [1.29, 1.82) is 0 Å². The van der Waals surface area contributed by atoms with Crippen molar-refractivity contribution in [2.24, 2.45) is 0 Å². The second-order valence-electron chi connectivity index (χ2n) is 4.27. The van der Waals surface area contributed by atoms with Crippen LogP contribution in [0.5, 0.6) is 5.75 Å². The van der Waals surface area contributed by atoms with Gasteiger partial charge in [-0.15, -0.1) is 0 Å². The van der Waals surface area contributed by atoms with Crippen LogP contribution in [-0.2, 0) is 0 Å². The highest BCUT2D eigenvalue weighted by molar-refractivity contribution is 6.10. The molecule has 0 spiro atoms. The zero-order valence-electron chi connectivity index (χ0n) is 11.3. The van der Waals surface area contributed by atoms with Crippen molar-refractivity contribution in [3.05, 3.63) is 53.8 Å². The number of methoxy groups -OCH3 is 1. The third-order valence-electron chi connectivity index (χ3n) is 3.01. The van der Waals surface area contributed by atoms with E-state index in [0.717, 1.165) is 0 Å². The summed E-state index contributed by atoms with van der Waals surface area (Å²) in [7, 11) is 3.07. The van der Waals surface area contributed by atoms with Crippen molar-refractivity contribution in [3.63, 3.8) is 0 Å². The summed E-state index contributed by atoms with van der Waals surface area (Å²) in [6, 6.07) is 10.7. The number of nitrogens with zero attached hydrogens (tertiary/aromatic N) is 1. The molecule has 0 saturated carbocycles. The van der Waals surface area contributed by atoms with E-state index in [-0.39, 0.29) is 11.7 Å². The number of hydrogen-bond donors (Lipinski definition) is 1. The van der Waals surface area contributed by atoms with Gasteiger partial charge in [0.2, 0.25) is 0 Å². The van der Waals surface area contributed by atoms with Gasteiger partial charge in [-0.2, -0.15) is 0 Å². The Morgan fingerprint density at radius 1 is 1.20 bits per heavy atom. The van der Waals surface area contributed by atoms with E-state index in [1.54, 1.807) is 25.2 Å². The van der Waals surface area contributed by atoms with E-state index in [1.807, 2.05) is 0 Å². The molecule has 0 atom stereocenters. The van der Waals surface area contributed by atoms with Crippen molar-refractivity contribution in [3.8, 4) is 5.75 Å². The van der Waals surface area contributed by atoms with Gasteiger partial charge in [-0.25, -0.2) is 4.39 Å². The van der Waals surface area contributed by atoms with Crippen LogP contribution < -0.4 is 15.4 Å². The summed E-state index contributed by atoms with van der Waals surface area (Å²) in [5.41, 5.74) is 7.05. The van der Waals surface area contributed by atoms with Crippen molar-refractivity contribution in [1.82, 2.24) is 0 Å². The number of hydrogen-bond acceptors (Lipinski definition) is 3. The molecule has 1 amide bonds. The van der Waals surface area contributed by atoms with E-state index in [2.05, 4.69) is 0 Å². The van der Waals surface area contributed by atoms with Gasteiger partial charge >= 0.3 is 0 Å². The molecule has 2 rings (SSSR count). The first kappa shape index (κ1) is 13.9. The van der Waals surface area contributed by atoms with Crippen LogP contribution in [-0.4, -0.2) is 20.1 Å². The Bertz CT molecular complexity index is 626. The van der Waals surface area contributed by atoms with Crippen LogP contribution in [0.3, 0.4) is 0 Å². The predicted molar refractivity (Wildman–Crippen MR) is 76.5 cm³/mol. The number of carbonyl (C=O) groups excluding carboxylic acids is 1. The molecule has 5 heteroatoms. The Morgan fingerprint density at radius 3 is 2.45 bits per heavy atom. The summed E-state index contributed by atoms with van der Waals surface area (Å²) in [5, 5.41) is 0. The molecule has 0 radical (unpaired) electrons. The topological polar surface area (TPSA) is 55.6 Å². The maximum absolute atomic E-state index is 12.9. The van der Waals surface area contributed by atoms with Crippen LogP contribution in [0, 0.1) is 5.82 Å². The molecule has 4 nitrogen and oxygen atoms in total. The van der Waals surface area contributed by atoms with Crippen molar-refractivity contribution < 1.29 is 13.9 Å². The third-order valence-corrected chi connectivity index (χ3v) is 3.01. The lowest BCUT2D eigenvalue weighted by Crippen LogP contribution is -2.27. The zero-order chi connectivity index (χ0) is 14.7. The van der Waals surface area contributed by atoms with Crippen LogP contribution in [0.2, 0.25) is 0 Å². The maximum Gasteiger partial charge on any atom is 0.263 e. The van der Waals surface area contributed by atoms with Gasteiger partial charge in [0.25, 0.3) is 5.91 Å². The molecule has 2 N–H and O–H groups in total. The SMILES string of the molecule is COc1cccc(N)c1C(=O)N(C)c1ccc(F)cc1. The normalized spacial score (nSPS) is 10.2. The second-order valence-corrected chi connectivity index (χ2v) is 4.27. The fourth-order valence-electron chi connectivity index (χ4n) is 1.90. The van der Waals surface area contributed by atoms with E-state index in [1.165, 1.54) is 36.3 Å². The number of rotatable bonds is 3. The largest absolute Gasteiger partial charge is 0.496 e. The fraction of sp³-hybridized carbons (Fsp3) is 0.133. The van der Waals surface area contributed by atoms with Gasteiger partial charge < -0.3 is 15.4 Å². The van der Waals surface area contributed by atoms with Gasteiger partial charge in [-0.3, -0.25) is 4.79 Å². The number of halogens is 1. The van der Waals surface area contributed by atoms with E-state index >= 15 is 0 Å². The Kier molecular flexibility index (Phi) is 3.89. The molecule has 0 aromatic heterocycles. The first-order chi connectivity index (χ1) is 9.54. The summed E-state index contributed by atoms with van der Waals surface area (Å²) in [4.78, 5) is 13.9. The molecule has 0 bridgehead atoms. The van der Waals surface area contributed by atoms with E-state index in [0.29, 0.717) is 22.7 Å². The number of ether oxygens (including phenoxy) is 1. The summed E-state index contributed by atoms with van der Waals surface area (Å²) in [6.07, 6.45) is 0. The van der Waals surface area contributed by atoms with Crippen LogP contribution in [0.15, 0.2) is 42.5 Å².